The number of methoxy groups -OCH3 is 1. The molecule has 1 heterocycles. The molecule has 178 valence electrons. The summed E-state index contributed by atoms with van der Waals surface area (Å²) < 4.78 is 12.0. The Morgan fingerprint density at radius 2 is 2.12 bits per heavy atom. The van der Waals surface area contributed by atoms with Crippen molar-refractivity contribution in [2.75, 3.05) is 7.11 Å². The van der Waals surface area contributed by atoms with Crippen molar-refractivity contribution in [2.45, 2.75) is 32.8 Å². The first kappa shape index (κ1) is 25.3. The number of hydrogen-bond acceptors (Lipinski definition) is 8. The lowest BCUT2D eigenvalue weighted by Crippen LogP contribution is -2.26. The van der Waals surface area contributed by atoms with Crippen LogP contribution in [0.25, 0.3) is 10.9 Å². The molecule has 3 aromatic rings. The largest absolute Gasteiger partial charge is 0.471 e. The van der Waals surface area contributed by atoms with E-state index in [1.165, 1.54) is 26.3 Å². The molecule has 1 aromatic heterocycles. The first-order chi connectivity index (χ1) is 16.2. The van der Waals surface area contributed by atoms with Crippen molar-refractivity contribution < 1.29 is 19.2 Å². The predicted molar refractivity (Wildman–Crippen MR) is 131 cm³/mol. The predicted octanol–water partition coefficient (Wildman–Crippen LogP) is 4.50. The number of aromatic nitrogens is 2. The van der Waals surface area contributed by atoms with Crippen LogP contribution in [0.2, 0.25) is 5.02 Å². The zero-order valence-corrected chi connectivity index (χ0v) is 20.8. The molecule has 0 saturated carbocycles. The summed E-state index contributed by atoms with van der Waals surface area (Å²) in [4.78, 5) is 40.5. The number of benzene rings is 2. The monoisotopic (exact) mass is 550 g/mol. The van der Waals surface area contributed by atoms with E-state index in [9.17, 15) is 19.7 Å². The number of carbonyl (C=O) groups is 1. The van der Waals surface area contributed by atoms with Crippen molar-refractivity contribution in [1.82, 2.24) is 9.66 Å². The quantitative estimate of drug-likeness (QED) is 0.175. The third kappa shape index (κ3) is 5.42. The molecule has 0 fully saturated rings. The number of nitro groups is 1. The normalized spacial score (nSPS) is 12.1. The van der Waals surface area contributed by atoms with Gasteiger partial charge in [0.15, 0.2) is 6.10 Å². The third-order valence-electron chi connectivity index (χ3n) is 4.75. The maximum atomic E-state index is 13.2. The van der Waals surface area contributed by atoms with Gasteiger partial charge in [-0.2, -0.15) is 9.78 Å². The number of ether oxygens (including phenoxy) is 2. The molecule has 0 amide bonds. The molecule has 3 rings (SSSR count). The maximum absolute atomic E-state index is 13.2. The van der Waals surface area contributed by atoms with E-state index >= 15 is 0 Å². The minimum absolute atomic E-state index is 0.0490. The van der Waals surface area contributed by atoms with Crippen LogP contribution in [0.3, 0.4) is 0 Å². The Kier molecular flexibility index (Phi) is 8.00. The van der Waals surface area contributed by atoms with Crippen LogP contribution >= 0.6 is 27.5 Å². The molecule has 10 nitrogen and oxygen atoms in total. The molecule has 0 unspecified atom stereocenters. The van der Waals surface area contributed by atoms with Crippen LogP contribution < -0.4 is 10.3 Å². The van der Waals surface area contributed by atoms with Gasteiger partial charge in [0.25, 0.3) is 5.56 Å². The van der Waals surface area contributed by atoms with Crippen molar-refractivity contribution in [2.24, 2.45) is 5.10 Å². The smallest absolute Gasteiger partial charge is 0.346 e. The zero-order chi connectivity index (χ0) is 25.0. The fourth-order valence-corrected chi connectivity index (χ4v) is 3.75. The molecule has 0 aliphatic heterocycles. The molecule has 0 N–H and O–H groups in total. The van der Waals surface area contributed by atoms with Gasteiger partial charge in [-0.1, -0.05) is 34.5 Å². The van der Waals surface area contributed by atoms with E-state index in [2.05, 4.69) is 30.8 Å². The van der Waals surface area contributed by atoms with Crippen molar-refractivity contribution in [3.05, 3.63) is 71.7 Å². The molecule has 12 heteroatoms. The van der Waals surface area contributed by atoms with Gasteiger partial charge in [0.05, 0.1) is 29.2 Å². The van der Waals surface area contributed by atoms with Crippen LogP contribution in [0.15, 0.2) is 44.7 Å². The average Bonchev–Trinajstić information content (AvgIpc) is 2.80. The van der Waals surface area contributed by atoms with E-state index in [4.69, 9.17) is 16.3 Å². The van der Waals surface area contributed by atoms with Gasteiger partial charge in [-0.05, 0) is 37.6 Å². The molecule has 0 spiro atoms. The minimum atomic E-state index is -1.14. The minimum Gasteiger partial charge on any atom is -0.471 e. The lowest BCUT2D eigenvalue weighted by molar-refractivity contribution is -0.386. The van der Waals surface area contributed by atoms with Crippen LogP contribution in [-0.2, 0) is 16.0 Å². The van der Waals surface area contributed by atoms with Crippen molar-refractivity contribution >= 4 is 56.3 Å². The van der Waals surface area contributed by atoms with Crippen molar-refractivity contribution in [3.63, 3.8) is 0 Å². The Morgan fingerprint density at radius 3 is 2.76 bits per heavy atom. The molecule has 0 aliphatic carbocycles. The van der Waals surface area contributed by atoms with Crippen LogP contribution in [0.1, 0.15) is 31.7 Å². The van der Waals surface area contributed by atoms with Gasteiger partial charge in [0, 0.05) is 27.5 Å². The van der Waals surface area contributed by atoms with Gasteiger partial charge in [-0.3, -0.25) is 14.9 Å². The van der Waals surface area contributed by atoms with Gasteiger partial charge in [-0.15, -0.1) is 0 Å². The Bertz CT molecular complexity index is 1360. The van der Waals surface area contributed by atoms with Gasteiger partial charge in [-0.25, -0.2) is 9.78 Å². The second-order valence-corrected chi connectivity index (χ2v) is 8.54. The summed E-state index contributed by atoms with van der Waals surface area (Å²) in [5, 5.41) is 16.3. The van der Waals surface area contributed by atoms with E-state index < -0.39 is 28.2 Å². The number of nitro benzene ring substituents is 1. The molecule has 34 heavy (non-hydrogen) atoms. The molecule has 0 aliphatic rings. The highest BCUT2D eigenvalue weighted by atomic mass is 79.9. The van der Waals surface area contributed by atoms with E-state index in [-0.39, 0.29) is 16.3 Å². The fraction of sp³-hybridized carbons (Fsp3) is 0.273. The summed E-state index contributed by atoms with van der Waals surface area (Å²) >= 11 is 9.43. The maximum Gasteiger partial charge on any atom is 0.346 e. The number of nitrogens with zero attached hydrogens (tertiary/aromatic N) is 4. The lowest BCUT2D eigenvalue weighted by atomic mass is 10.2. The lowest BCUT2D eigenvalue weighted by Gasteiger charge is -2.15. The first-order valence-corrected chi connectivity index (χ1v) is 11.3. The highest BCUT2D eigenvalue weighted by molar-refractivity contribution is 9.10. The highest BCUT2D eigenvalue weighted by Gasteiger charge is 2.25. The topological polar surface area (TPSA) is 126 Å². The second kappa shape index (κ2) is 10.7. The number of rotatable bonds is 8. The molecule has 0 saturated heterocycles. The van der Waals surface area contributed by atoms with Gasteiger partial charge < -0.3 is 9.47 Å². The summed E-state index contributed by atoms with van der Waals surface area (Å²) in [6, 6.07) is 7.64. The van der Waals surface area contributed by atoms with E-state index in [0.717, 1.165) is 10.7 Å². The van der Waals surface area contributed by atoms with Crippen LogP contribution in [0.4, 0.5) is 5.69 Å². The van der Waals surface area contributed by atoms with E-state index in [1.54, 1.807) is 18.2 Å². The second-order valence-electron chi connectivity index (χ2n) is 7.18. The fourth-order valence-electron chi connectivity index (χ4n) is 3.17. The van der Waals surface area contributed by atoms with Gasteiger partial charge in [0.2, 0.25) is 5.75 Å². The Balaban J connectivity index is 2.19. The average molecular weight is 552 g/mol. The number of fused-ring (bicyclic) bond motifs is 1. The number of aryl methyl sites for hydroxylation is 1. The van der Waals surface area contributed by atoms with Crippen LogP contribution in [0.5, 0.6) is 5.75 Å². The number of esters is 1. The molecule has 0 bridgehead atoms. The molecule has 0 radical (unpaired) electrons. The Labute approximate surface area is 207 Å². The summed E-state index contributed by atoms with van der Waals surface area (Å²) in [7, 11) is 1.17. The Hall–Kier alpha value is -3.31. The standard InChI is InChI=1S/C22H20BrClN4O6/c1-4-5-19-26-17-7-6-14(23)9-16(17)21(29)27(19)25-11-13-8-15(24)10-18(28(31)32)20(13)34-12(2)22(30)33-3/h6-12H,4-5H2,1-3H3/t12-/m0/s1. The summed E-state index contributed by atoms with van der Waals surface area (Å²) in [6.07, 6.45) is 1.24. The van der Waals surface area contributed by atoms with Crippen LogP contribution in [-0.4, -0.2) is 40.0 Å². The zero-order valence-electron chi connectivity index (χ0n) is 18.4. The van der Waals surface area contributed by atoms with Crippen molar-refractivity contribution in [1.29, 1.82) is 0 Å². The molecular formula is C22H20BrClN4O6. The Morgan fingerprint density at radius 1 is 1.38 bits per heavy atom. The highest BCUT2D eigenvalue weighted by Crippen LogP contribution is 2.34. The summed E-state index contributed by atoms with van der Waals surface area (Å²) in [5.41, 5.74) is -0.254. The number of halogens is 2. The summed E-state index contributed by atoms with van der Waals surface area (Å²) in [6.45, 7) is 3.33. The number of hydrogen-bond donors (Lipinski definition) is 0. The van der Waals surface area contributed by atoms with Crippen LogP contribution in [0, 0.1) is 10.1 Å². The molecular weight excluding hydrogens is 532 g/mol. The van der Waals surface area contributed by atoms with Gasteiger partial charge >= 0.3 is 11.7 Å². The first-order valence-electron chi connectivity index (χ1n) is 10.1. The number of carbonyl (C=O) groups excluding carboxylic acids is 1. The van der Waals surface area contributed by atoms with E-state index in [1.807, 2.05) is 6.92 Å². The van der Waals surface area contributed by atoms with Crippen molar-refractivity contribution in [3.8, 4) is 5.75 Å². The van der Waals surface area contributed by atoms with Gasteiger partial charge in [0.1, 0.15) is 5.82 Å². The third-order valence-corrected chi connectivity index (χ3v) is 5.46. The molecule has 1 atom stereocenters. The molecule has 2 aromatic carbocycles. The van der Waals surface area contributed by atoms with E-state index in [0.29, 0.717) is 34.0 Å². The summed E-state index contributed by atoms with van der Waals surface area (Å²) in [5.74, 6) is -0.545. The SMILES string of the molecule is CCCc1nc2ccc(Br)cc2c(=O)n1N=Cc1cc(Cl)cc([N+](=O)[O-])c1O[C@@H](C)C(=O)OC.